The molecule has 1 fully saturated rings. The molecule has 1 aliphatic heterocycles. The van der Waals surface area contributed by atoms with E-state index in [-0.39, 0.29) is 0 Å². The molecule has 4 heterocycles. The second-order valence-electron chi connectivity index (χ2n) is 4.93. The predicted molar refractivity (Wildman–Crippen MR) is 77.8 cm³/mol. The molecule has 0 unspecified atom stereocenters. The van der Waals surface area contributed by atoms with Crippen LogP contribution in [0.15, 0.2) is 29.6 Å². The molecule has 3 aromatic rings. The summed E-state index contributed by atoms with van der Waals surface area (Å²) in [5.41, 5.74) is 3.19. The lowest BCUT2D eigenvalue weighted by molar-refractivity contribution is 0.329. The van der Waals surface area contributed by atoms with Gasteiger partial charge in [-0.3, -0.25) is 14.3 Å². The standard InChI is InChI=1S/C13H14N4S2/c1-2-16(7-11-5-14-9-19-11)6-10(1)12-13-17(8-15-12)3-4-18-13/h3-5,8-10H,1-2,6-7H2/t10-/m1/s1. The highest BCUT2D eigenvalue weighted by Gasteiger charge is 2.27. The van der Waals surface area contributed by atoms with Gasteiger partial charge in [-0.2, -0.15) is 0 Å². The fourth-order valence-electron chi connectivity index (χ4n) is 2.77. The second kappa shape index (κ2) is 4.70. The van der Waals surface area contributed by atoms with Gasteiger partial charge in [0.1, 0.15) is 11.2 Å². The average molecular weight is 290 g/mol. The Morgan fingerprint density at radius 3 is 3.26 bits per heavy atom. The summed E-state index contributed by atoms with van der Waals surface area (Å²) in [6.45, 7) is 3.30. The molecule has 0 N–H and O–H groups in total. The molecular weight excluding hydrogens is 276 g/mol. The predicted octanol–water partition coefficient (Wildman–Crippen LogP) is 2.84. The molecule has 0 aromatic carbocycles. The molecule has 0 aliphatic carbocycles. The van der Waals surface area contributed by atoms with E-state index in [9.17, 15) is 0 Å². The first-order valence-corrected chi connectivity index (χ1v) is 8.16. The third-order valence-corrected chi connectivity index (χ3v) is 5.36. The maximum atomic E-state index is 4.61. The molecular formula is C13H14N4S2. The van der Waals surface area contributed by atoms with E-state index in [4.69, 9.17) is 0 Å². The Morgan fingerprint density at radius 2 is 2.37 bits per heavy atom. The highest BCUT2D eigenvalue weighted by molar-refractivity contribution is 7.15. The largest absolute Gasteiger partial charge is 0.298 e. The third kappa shape index (κ3) is 2.09. The SMILES string of the molecule is c1ncc(CN2CC[C@@H](c3ncn4ccsc34)C2)s1. The molecule has 0 spiro atoms. The molecule has 6 heteroatoms. The number of thiazole rings is 2. The van der Waals surface area contributed by atoms with Gasteiger partial charge >= 0.3 is 0 Å². The number of rotatable bonds is 3. The zero-order valence-electron chi connectivity index (χ0n) is 10.4. The van der Waals surface area contributed by atoms with E-state index in [1.54, 1.807) is 22.7 Å². The van der Waals surface area contributed by atoms with E-state index in [2.05, 4.69) is 30.8 Å². The first kappa shape index (κ1) is 11.6. The van der Waals surface area contributed by atoms with E-state index in [1.165, 1.54) is 21.8 Å². The van der Waals surface area contributed by atoms with E-state index >= 15 is 0 Å². The van der Waals surface area contributed by atoms with Gasteiger partial charge in [0.2, 0.25) is 0 Å². The average Bonchev–Trinajstić information content (AvgIpc) is 3.13. The van der Waals surface area contributed by atoms with Gasteiger partial charge in [-0.05, 0) is 13.0 Å². The van der Waals surface area contributed by atoms with Crippen LogP contribution in [0.5, 0.6) is 0 Å². The fraction of sp³-hybridized carbons (Fsp3) is 0.385. The van der Waals surface area contributed by atoms with Crippen molar-refractivity contribution >= 4 is 27.5 Å². The highest BCUT2D eigenvalue weighted by atomic mass is 32.1. The van der Waals surface area contributed by atoms with Crippen molar-refractivity contribution < 1.29 is 0 Å². The van der Waals surface area contributed by atoms with Crippen molar-refractivity contribution in [2.24, 2.45) is 0 Å². The third-order valence-electron chi connectivity index (χ3n) is 3.70. The van der Waals surface area contributed by atoms with Gasteiger partial charge in [-0.25, -0.2) is 4.98 Å². The highest BCUT2D eigenvalue weighted by Crippen LogP contribution is 2.31. The number of hydrogen-bond donors (Lipinski definition) is 0. The van der Waals surface area contributed by atoms with Crippen LogP contribution in [0, 0.1) is 0 Å². The van der Waals surface area contributed by atoms with Crippen molar-refractivity contribution in [3.8, 4) is 0 Å². The van der Waals surface area contributed by atoms with Crippen molar-refractivity contribution in [1.82, 2.24) is 19.3 Å². The zero-order chi connectivity index (χ0) is 12.7. The van der Waals surface area contributed by atoms with Crippen LogP contribution in [0.3, 0.4) is 0 Å². The number of likely N-dealkylation sites (tertiary alicyclic amines) is 1. The molecule has 0 bridgehead atoms. The summed E-state index contributed by atoms with van der Waals surface area (Å²) in [6, 6.07) is 0. The van der Waals surface area contributed by atoms with Crippen LogP contribution in [0.25, 0.3) is 4.83 Å². The smallest absolute Gasteiger partial charge is 0.123 e. The Morgan fingerprint density at radius 1 is 1.37 bits per heavy atom. The topological polar surface area (TPSA) is 33.4 Å². The van der Waals surface area contributed by atoms with Crippen LogP contribution < -0.4 is 0 Å². The van der Waals surface area contributed by atoms with Gasteiger partial charge in [0.25, 0.3) is 0 Å². The molecule has 0 radical (unpaired) electrons. The van der Waals surface area contributed by atoms with Crippen LogP contribution in [0.4, 0.5) is 0 Å². The molecule has 4 rings (SSSR count). The maximum absolute atomic E-state index is 4.61. The summed E-state index contributed by atoms with van der Waals surface area (Å²) < 4.78 is 2.13. The lowest BCUT2D eigenvalue weighted by Gasteiger charge is -2.13. The first-order valence-electron chi connectivity index (χ1n) is 6.40. The molecule has 4 nitrogen and oxygen atoms in total. The summed E-state index contributed by atoms with van der Waals surface area (Å²) in [7, 11) is 0. The van der Waals surface area contributed by atoms with Crippen LogP contribution >= 0.6 is 22.7 Å². The Labute approximate surface area is 119 Å². The molecule has 0 amide bonds. The van der Waals surface area contributed by atoms with Crippen LogP contribution in [0.1, 0.15) is 22.9 Å². The minimum Gasteiger partial charge on any atom is -0.298 e. The van der Waals surface area contributed by atoms with Crippen molar-refractivity contribution in [3.63, 3.8) is 0 Å². The van der Waals surface area contributed by atoms with Crippen molar-refractivity contribution in [2.75, 3.05) is 13.1 Å². The molecule has 19 heavy (non-hydrogen) atoms. The number of nitrogens with zero attached hydrogens (tertiary/aromatic N) is 4. The molecule has 1 aliphatic rings. The van der Waals surface area contributed by atoms with Gasteiger partial charge in [-0.15, -0.1) is 22.7 Å². The molecule has 0 saturated carbocycles. The van der Waals surface area contributed by atoms with Crippen molar-refractivity contribution in [2.45, 2.75) is 18.9 Å². The number of aromatic nitrogens is 3. The monoisotopic (exact) mass is 290 g/mol. The molecule has 3 aromatic heterocycles. The Hall–Kier alpha value is -1.24. The molecule has 1 saturated heterocycles. The van der Waals surface area contributed by atoms with Gasteiger partial charge in [0.05, 0.1) is 11.2 Å². The van der Waals surface area contributed by atoms with Crippen LogP contribution in [-0.2, 0) is 6.54 Å². The normalized spacial score (nSPS) is 20.5. The Kier molecular flexibility index (Phi) is 2.86. The summed E-state index contributed by atoms with van der Waals surface area (Å²) in [5.74, 6) is 0.580. The van der Waals surface area contributed by atoms with Crippen LogP contribution in [0.2, 0.25) is 0 Å². The van der Waals surface area contributed by atoms with E-state index in [0.717, 1.165) is 19.6 Å². The van der Waals surface area contributed by atoms with Crippen molar-refractivity contribution in [3.05, 3.63) is 40.2 Å². The minimum absolute atomic E-state index is 0.580. The van der Waals surface area contributed by atoms with Gasteiger partial charge in [-0.1, -0.05) is 0 Å². The Bertz CT molecular complexity index is 670. The quantitative estimate of drug-likeness (QED) is 0.744. The molecule has 98 valence electrons. The fourth-order valence-corrected chi connectivity index (χ4v) is 4.30. The summed E-state index contributed by atoms with van der Waals surface area (Å²) in [5, 5.41) is 2.13. The van der Waals surface area contributed by atoms with E-state index in [1.807, 2.05) is 18.0 Å². The van der Waals surface area contributed by atoms with Gasteiger partial charge < -0.3 is 0 Å². The van der Waals surface area contributed by atoms with Gasteiger partial charge in [0, 0.05) is 41.7 Å². The lowest BCUT2D eigenvalue weighted by atomic mass is 10.1. The maximum Gasteiger partial charge on any atom is 0.123 e. The summed E-state index contributed by atoms with van der Waals surface area (Å²) in [6.07, 6.45) is 7.21. The lowest BCUT2D eigenvalue weighted by Crippen LogP contribution is -2.19. The van der Waals surface area contributed by atoms with Crippen LogP contribution in [-0.4, -0.2) is 32.4 Å². The van der Waals surface area contributed by atoms with Crippen molar-refractivity contribution in [1.29, 1.82) is 0 Å². The summed E-state index contributed by atoms with van der Waals surface area (Å²) in [4.78, 5) is 13.9. The second-order valence-corrected chi connectivity index (χ2v) is 6.80. The number of hydrogen-bond acceptors (Lipinski definition) is 5. The minimum atomic E-state index is 0.580. The first-order chi connectivity index (χ1) is 9.40. The van der Waals surface area contributed by atoms with E-state index in [0.29, 0.717) is 5.92 Å². The zero-order valence-corrected chi connectivity index (χ0v) is 12.0. The van der Waals surface area contributed by atoms with Gasteiger partial charge in [0.15, 0.2) is 0 Å². The summed E-state index contributed by atoms with van der Waals surface area (Å²) >= 11 is 3.53. The number of imidazole rings is 1. The Balaban J connectivity index is 1.51. The molecule has 1 atom stereocenters. The van der Waals surface area contributed by atoms with E-state index < -0.39 is 0 Å². The number of fused-ring (bicyclic) bond motifs is 1.